The maximum atomic E-state index is 10.7. The predicted molar refractivity (Wildman–Crippen MR) is 72.9 cm³/mol. The van der Waals surface area contributed by atoms with Gasteiger partial charge in [0.05, 0.1) is 10.5 Å². The minimum absolute atomic E-state index is 0.162. The fourth-order valence-electron chi connectivity index (χ4n) is 1.93. The molecule has 0 radical (unpaired) electrons. The second kappa shape index (κ2) is 4.90. The lowest BCUT2D eigenvalue weighted by atomic mass is 10.1. The fourth-order valence-corrected chi connectivity index (χ4v) is 2.10. The number of benzene rings is 1. The van der Waals surface area contributed by atoms with Crippen molar-refractivity contribution in [2.45, 2.75) is 6.42 Å². The van der Waals surface area contributed by atoms with Crippen molar-refractivity contribution in [2.24, 2.45) is 0 Å². The van der Waals surface area contributed by atoms with Crippen molar-refractivity contribution < 1.29 is 9.90 Å². The molecule has 6 nitrogen and oxygen atoms in total. The Bertz CT molecular complexity index is 800. The number of aromatic nitrogens is 4. The number of carboxylic acids is 1. The number of H-pyrrole nitrogens is 1. The van der Waals surface area contributed by atoms with Crippen LogP contribution in [0.25, 0.3) is 10.9 Å². The topological polar surface area (TPSA) is 91.8 Å². The molecule has 7 heteroatoms. The standard InChI is InChI=1S/C13H9ClN4O2/c14-9-5-8-3-7(1-2-10(8)15-6-9)4-11-16-12(13(19)20)18-17-11/h1-3,5-6H,4H2,(H,19,20)(H,16,17,18). The van der Waals surface area contributed by atoms with Crippen molar-refractivity contribution in [3.63, 3.8) is 0 Å². The molecule has 0 atom stereocenters. The van der Waals surface area contributed by atoms with E-state index in [1.807, 2.05) is 24.3 Å². The Hall–Kier alpha value is -2.47. The minimum Gasteiger partial charge on any atom is -0.475 e. The largest absolute Gasteiger partial charge is 0.475 e. The van der Waals surface area contributed by atoms with Gasteiger partial charge >= 0.3 is 5.97 Å². The van der Waals surface area contributed by atoms with Crippen LogP contribution in [-0.4, -0.2) is 31.2 Å². The first-order valence-corrected chi connectivity index (χ1v) is 6.18. The van der Waals surface area contributed by atoms with E-state index in [-0.39, 0.29) is 5.82 Å². The molecule has 2 N–H and O–H groups in total. The summed E-state index contributed by atoms with van der Waals surface area (Å²) in [5.74, 6) is -0.791. The summed E-state index contributed by atoms with van der Waals surface area (Å²) in [6, 6.07) is 7.56. The number of carboxylic acid groups (broad SMARTS) is 1. The van der Waals surface area contributed by atoms with E-state index in [0.29, 0.717) is 17.3 Å². The molecule has 0 saturated carbocycles. The lowest BCUT2D eigenvalue weighted by Gasteiger charge is -2.02. The molecule has 0 aliphatic heterocycles. The van der Waals surface area contributed by atoms with Gasteiger partial charge in [0.15, 0.2) is 0 Å². The van der Waals surface area contributed by atoms with Crippen molar-refractivity contribution >= 4 is 28.5 Å². The zero-order valence-corrected chi connectivity index (χ0v) is 10.9. The summed E-state index contributed by atoms with van der Waals surface area (Å²) in [7, 11) is 0. The Labute approximate surface area is 118 Å². The molecule has 0 aliphatic carbocycles. The predicted octanol–water partition coefficient (Wildman–Crippen LogP) is 2.30. The second-order valence-corrected chi connectivity index (χ2v) is 4.72. The van der Waals surface area contributed by atoms with Gasteiger partial charge in [-0.3, -0.25) is 4.98 Å². The number of nitrogens with one attached hydrogen (secondary N) is 1. The van der Waals surface area contributed by atoms with Gasteiger partial charge in [-0.25, -0.2) is 4.79 Å². The van der Waals surface area contributed by atoms with Crippen LogP contribution < -0.4 is 0 Å². The molecule has 3 aromatic rings. The lowest BCUT2D eigenvalue weighted by molar-refractivity contribution is 0.0684. The van der Waals surface area contributed by atoms with Crippen LogP contribution >= 0.6 is 11.6 Å². The molecular formula is C13H9ClN4O2. The van der Waals surface area contributed by atoms with Crippen molar-refractivity contribution in [3.8, 4) is 0 Å². The first-order valence-electron chi connectivity index (χ1n) is 5.81. The zero-order chi connectivity index (χ0) is 14.1. The molecule has 0 unspecified atom stereocenters. The molecule has 0 aliphatic rings. The highest BCUT2D eigenvalue weighted by atomic mass is 35.5. The van der Waals surface area contributed by atoms with Crippen LogP contribution in [0.1, 0.15) is 22.0 Å². The number of carbonyl (C=O) groups is 1. The zero-order valence-electron chi connectivity index (χ0n) is 10.2. The smallest absolute Gasteiger partial charge is 0.373 e. The summed E-state index contributed by atoms with van der Waals surface area (Å²) in [6.07, 6.45) is 2.06. The first kappa shape index (κ1) is 12.6. The first-order chi connectivity index (χ1) is 9.61. The number of hydrogen-bond donors (Lipinski definition) is 2. The molecule has 0 fully saturated rings. The van der Waals surface area contributed by atoms with E-state index in [9.17, 15) is 4.79 Å². The van der Waals surface area contributed by atoms with Crippen LogP contribution in [0.3, 0.4) is 0 Å². The quantitative estimate of drug-likeness (QED) is 0.771. The SMILES string of the molecule is O=C(O)c1nnc(Cc2ccc3ncc(Cl)cc3c2)[nH]1. The Balaban J connectivity index is 1.91. The summed E-state index contributed by atoms with van der Waals surface area (Å²) >= 11 is 5.91. The molecule has 2 heterocycles. The van der Waals surface area contributed by atoms with Crippen molar-refractivity contribution in [1.82, 2.24) is 20.2 Å². The number of nitrogens with zero attached hydrogens (tertiary/aromatic N) is 3. The van der Waals surface area contributed by atoms with Gasteiger partial charge in [0.1, 0.15) is 5.82 Å². The maximum absolute atomic E-state index is 10.7. The van der Waals surface area contributed by atoms with Crippen molar-refractivity contribution in [3.05, 3.63) is 52.7 Å². The average molecular weight is 289 g/mol. The Kier molecular flexibility index (Phi) is 3.08. The molecule has 0 bridgehead atoms. The molecule has 1 aromatic carbocycles. The van der Waals surface area contributed by atoms with Crippen LogP contribution in [0.5, 0.6) is 0 Å². The Morgan fingerprint density at radius 3 is 2.90 bits per heavy atom. The third-order valence-electron chi connectivity index (χ3n) is 2.82. The van der Waals surface area contributed by atoms with Gasteiger partial charge in [0.25, 0.3) is 0 Å². The lowest BCUT2D eigenvalue weighted by Crippen LogP contribution is -1.99. The summed E-state index contributed by atoms with van der Waals surface area (Å²) < 4.78 is 0. The highest BCUT2D eigenvalue weighted by molar-refractivity contribution is 6.31. The van der Waals surface area contributed by atoms with Crippen LogP contribution in [-0.2, 0) is 6.42 Å². The number of hydrogen-bond acceptors (Lipinski definition) is 4. The van der Waals surface area contributed by atoms with Gasteiger partial charge in [0.2, 0.25) is 5.82 Å². The summed E-state index contributed by atoms with van der Waals surface area (Å²) in [5, 5.41) is 17.6. The van der Waals surface area contributed by atoms with Gasteiger partial charge in [0, 0.05) is 18.0 Å². The normalized spacial score (nSPS) is 10.8. The van der Waals surface area contributed by atoms with Crippen LogP contribution in [0, 0.1) is 0 Å². The molecule has 0 saturated heterocycles. The van der Waals surface area contributed by atoms with E-state index >= 15 is 0 Å². The van der Waals surface area contributed by atoms with E-state index in [1.54, 1.807) is 6.20 Å². The Morgan fingerprint density at radius 2 is 2.15 bits per heavy atom. The van der Waals surface area contributed by atoms with E-state index in [2.05, 4.69) is 20.2 Å². The monoisotopic (exact) mass is 288 g/mol. The van der Waals surface area contributed by atoms with Crippen molar-refractivity contribution in [2.75, 3.05) is 0 Å². The van der Waals surface area contributed by atoms with E-state index in [4.69, 9.17) is 16.7 Å². The number of pyridine rings is 1. The number of halogens is 1. The molecule has 0 spiro atoms. The van der Waals surface area contributed by atoms with E-state index in [1.165, 1.54) is 0 Å². The fraction of sp³-hybridized carbons (Fsp3) is 0.0769. The number of fused-ring (bicyclic) bond motifs is 1. The molecule has 0 amide bonds. The summed E-state index contributed by atoms with van der Waals surface area (Å²) in [6.45, 7) is 0. The van der Waals surface area contributed by atoms with Gasteiger partial charge < -0.3 is 10.1 Å². The minimum atomic E-state index is -1.13. The van der Waals surface area contributed by atoms with Gasteiger partial charge in [-0.2, -0.15) is 0 Å². The van der Waals surface area contributed by atoms with Crippen molar-refractivity contribution in [1.29, 1.82) is 0 Å². The number of aromatic carboxylic acids is 1. The molecule has 20 heavy (non-hydrogen) atoms. The molecule has 100 valence electrons. The number of rotatable bonds is 3. The highest BCUT2D eigenvalue weighted by Crippen LogP contribution is 2.19. The van der Waals surface area contributed by atoms with Crippen LogP contribution in [0.15, 0.2) is 30.5 Å². The average Bonchev–Trinajstić information content (AvgIpc) is 2.87. The maximum Gasteiger partial charge on any atom is 0.373 e. The van der Waals surface area contributed by atoms with Gasteiger partial charge in [-0.1, -0.05) is 17.7 Å². The van der Waals surface area contributed by atoms with Crippen LogP contribution in [0.4, 0.5) is 0 Å². The summed E-state index contributed by atoms with van der Waals surface area (Å²) in [5.41, 5.74) is 1.82. The second-order valence-electron chi connectivity index (χ2n) is 4.28. The van der Waals surface area contributed by atoms with Crippen LogP contribution in [0.2, 0.25) is 5.02 Å². The van der Waals surface area contributed by atoms with Gasteiger partial charge in [-0.05, 0) is 23.8 Å². The van der Waals surface area contributed by atoms with E-state index < -0.39 is 5.97 Å². The molecule has 2 aromatic heterocycles. The Morgan fingerprint density at radius 1 is 1.30 bits per heavy atom. The van der Waals surface area contributed by atoms with Gasteiger partial charge in [-0.15, -0.1) is 10.2 Å². The summed E-state index contributed by atoms with van der Waals surface area (Å²) in [4.78, 5) is 17.6. The highest BCUT2D eigenvalue weighted by Gasteiger charge is 2.10. The van der Waals surface area contributed by atoms with E-state index in [0.717, 1.165) is 16.5 Å². The third kappa shape index (κ3) is 2.46. The molecule has 3 rings (SSSR count). The third-order valence-corrected chi connectivity index (χ3v) is 3.03. The molecular weight excluding hydrogens is 280 g/mol. The number of aromatic amines is 1.